The molecule has 1 saturated heterocycles. The maximum Gasteiger partial charge on any atom is 0.295 e. The van der Waals surface area contributed by atoms with E-state index in [2.05, 4.69) is 0 Å². The van der Waals surface area contributed by atoms with Crippen LogP contribution in [-0.2, 0) is 14.3 Å². The molecule has 2 aromatic carbocycles. The predicted octanol–water partition coefficient (Wildman–Crippen LogP) is 3.84. The zero-order valence-corrected chi connectivity index (χ0v) is 18.7. The number of Topliss-reactive ketones (excluding diaryl/α,β-unsaturated/α-hetero) is 1. The van der Waals surface area contributed by atoms with Crippen LogP contribution in [0.3, 0.4) is 0 Å². The molecule has 9 nitrogen and oxygen atoms in total. The maximum atomic E-state index is 13.0. The smallest absolute Gasteiger partial charge is 0.295 e. The quantitative estimate of drug-likeness (QED) is 0.201. The number of aliphatic hydroxyl groups is 1. The number of hydrogen-bond donors (Lipinski definition) is 1. The number of non-ortho nitro benzene ring substituents is 1. The van der Waals surface area contributed by atoms with E-state index in [1.54, 1.807) is 24.3 Å². The molecule has 1 aliphatic heterocycles. The molecule has 0 aromatic heterocycles. The summed E-state index contributed by atoms with van der Waals surface area (Å²) in [5, 5.41) is 22.2. The number of hydrogen-bond acceptors (Lipinski definition) is 7. The number of aliphatic hydroxyl groups excluding tert-OH is 1. The fraction of sp³-hybridized carbons (Fsp3) is 0.333. The summed E-state index contributed by atoms with van der Waals surface area (Å²) in [5.41, 5.74) is 0.260. The lowest BCUT2D eigenvalue weighted by atomic mass is 9.95. The number of nitro benzene ring substituents is 1. The summed E-state index contributed by atoms with van der Waals surface area (Å²) in [6, 6.07) is 11.3. The van der Waals surface area contributed by atoms with Crippen molar-refractivity contribution in [3.63, 3.8) is 0 Å². The second kappa shape index (κ2) is 10.3. The average molecular weight is 454 g/mol. The summed E-state index contributed by atoms with van der Waals surface area (Å²) in [6.07, 6.45) is -0.0635. The molecule has 0 saturated carbocycles. The standard InChI is InChI=1S/C24H26N2O7/c1-4-32-19-10-6-7-16(14-19)21-20(22(27)17-8-5-9-18(13-17)26(30)31)23(28)24(29)25(21)11-12-33-15(2)3/h5-10,13-15,21,27H,4,11-12H2,1-3H3/b22-20-. The monoisotopic (exact) mass is 454 g/mol. The van der Waals surface area contributed by atoms with Crippen LogP contribution in [0.1, 0.15) is 37.9 Å². The van der Waals surface area contributed by atoms with Gasteiger partial charge in [0.15, 0.2) is 0 Å². The molecular formula is C24H26N2O7. The van der Waals surface area contributed by atoms with Crippen LogP contribution in [-0.4, -0.2) is 52.5 Å². The molecule has 1 heterocycles. The van der Waals surface area contributed by atoms with Crippen LogP contribution in [0.15, 0.2) is 54.1 Å². The number of nitrogens with zero attached hydrogens (tertiary/aromatic N) is 2. The molecule has 0 spiro atoms. The molecule has 1 aliphatic rings. The van der Waals surface area contributed by atoms with Crippen LogP contribution in [0.4, 0.5) is 5.69 Å². The zero-order chi connectivity index (χ0) is 24.1. The predicted molar refractivity (Wildman–Crippen MR) is 121 cm³/mol. The molecular weight excluding hydrogens is 428 g/mol. The number of amides is 1. The Hall–Kier alpha value is -3.72. The van der Waals surface area contributed by atoms with Crippen LogP contribution in [0.5, 0.6) is 5.75 Å². The van der Waals surface area contributed by atoms with Crippen LogP contribution >= 0.6 is 0 Å². The minimum atomic E-state index is -0.902. The molecule has 3 rings (SSSR count). The first-order valence-corrected chi connectivity index (χ1v) is 10.6. The first-order valence-electron chi connectivity index (χ1n) is 10.6. The first kappa shape index (κ1) is 23.9. The van der Waals surface area contributed by atoms with Gasteiger partial charge in [-0.3, -0.25) is 19.7 Å². The Kier molecular flexibility index (Phi) is 7.44. The second-order valence-electron chi connectivity index (χ2n) is 7.72. The third kappa shape index (κ3) is 5.20. The highest BCUT2D eigenvalue weighted by Crippen LogP contribution is 2.40. The van der Waals surface area contributed by atoms with E-state index in [0.29, 0.717) is 17.9 Å². The molecule has 9 heteroatoms. The van der Waals surface area contributed by atoms with E-state index in [-0.39, 0.29) is 36.1 Å². The highest BCUT2D eigenvalue weighted by atomic mass is 16.6. The van der Waals surface area contributed by atoms with Crippen molar-refractivity contribution in [3.8, 4) is 5.75 Å². The summed E-state index contributed by atoms with van der Waals surface area (Å²) in [7, 11) is 0. The Morgan fingerprint density at radius 1 is 1.18 bits per heavy atom. The van der Waals surface area contributed by atoms with Gasteiger partial charge in [-0.1, -0.05) is 24.3 Å². The number of benzene rings is 2. The van der Waals surface area contributed by atoms with Gasteiger partial charge in [-0.05, 0) is 38.5 Å². The van der Waals surface area contributed by atoms with Gasteiger partial charge in [0, 0.05) is 24.2 Å². The molecule has 2 aromatic rings. The largest absolute Gasteiger partial charge is 0.507 e. The number of carbonyl (C=O) groups excluding carboxylic acids is 2. The van der Waals surface area contributed by atoms with Crippen molar-refractivity contribution in [1.29, 1.82) is 0 Å². The molecule has 33 heavy (non-hydrogen) atoms. The summed E-state index contributed by atoms with van der Waals surface area (Å²) >= 11 is 0. The van der Waals surface area contributed by atoms with Gasteiger partial charge in [0.2, 0.25) is 0 Å². The van der Waals surface area contributed by atoms with Gasteiger partial charge < -0.3 is 19.5 Å². The van der Waals surface area contributed by atoms with E-state index in [0.717, 1.165) is 6.07 Å². The molecule has 1 amide bonds. The average Bonchev–Trinajstić information content (AvgIpc) is 3.04. The first-order chi connectivity index (χ1) is 15.7. The van der Waals surface area contributed by atoms with Gasteiger partial charge in [-0.25, -0.2) is 0 Å². The van der Waals surface area contributed by atoms with E-state index in [9.17, 15) is 24.8 Å². The van der Waals surface area contributed by atoms with Gasteiger partial charge in [0.25, 0.3) is 17.4 Å². The van der Waals surface area contributed by atoms with Gasteiger partial charge in [-0.2, -0.15) is 0 Å². The van der Waals surface area contributed by atoms with Crippen molar-refractivity contribution >= 4 is 23.1 Å². The van der Waals surface area contributed by atoms with Gasteiger partial charge in [0.05, 0.1) is 35.9 Å². The van der Waals surface area contributed by atoms with Crippen LogP contribution in [0, 0.1) is 10.1 Å². The molecule has 0 bridgehead atoms. The molecule has 1 N–H and O–H groups in total. The molecule has 0 aliphatic carbocycles. The van der Waals surface area contributed by atoms with Crippen molar-refractivity contribution in [2.45, 2.75) is 32.9 Å². The maximum absolute atomic E-state index is 13.0. The molecule has 0 radical (unpaired) electrons. The normalized spacial score (nSPS) is 17.6. The lowest BCUT2D eigenvalue weighted by Gasteiger charge is -2.26. The van der Waals surface area contributed by atoms with E-state index >= 15 is 0 Å². The van der Waals surface area contributed by atoms with Gasteiger partial charge in [-0.15, -0.1) is 0 Å². The minimum Gasteiger partial charge on any atom is -0.507 e. The molecule has 1 unspecified atom stereocenters. The Balaban J connectivity index is 2.13. The Labute approximate surface area is 191 Å². The van der Waals surface area contributed by atoms with Gasteiger partial charge in [0.1, 0.15) is 11.5 Å². The van der Waals surface area contributed by atoms with Crippen LogP contribution in [0.25, 0.3) is 5.76 Å². The topological polar surface area (TPSA) is 119 Å². The van der Waals surface area contributed by atoms with Crippen LogP contribution < -0.4 is 4.74 Å². The van der Waals surface area contributed by atoms with E-state index in [1.165, 1.54) is 23.1 Å². The Morgan fingerprint density at radius 3 is 2.58 bits per heavy atom. The SMILES string of the molecule is CCOc1cccc(C2/C(=C(/O)c3cccc([N+](=O)[O-])c3)C(=O)C(=O)N2CCOC(C)C)c1. The van der Waals surface area contributed by atoms with E-state index < -0.39 is 28.4 Å². The third-order valence-corrected chi connectivity index (χ3v) is 5.14. The zero-order valence-electron chi connectivity index (χ0n) is 18.7. The molecule has 174 valence electrons. The van der Waals surface area contributed by atoms with Crippen molar-refractivity contribution in [2.75, 3.05) is 19.8 Å². The van der Waals surface area contributed by atoms with E-state index in [4.69, 9.17) is 9.47 Å². The van der Waals surface area contributed by atoms with Gasteiger partial charge >= 0.3 is 0 Å². The minimum absolute atomic E-state index is 0.0635. The fourth-order valence-electron chi connectivity index (χ4n) is 3.71. The van der Waals surface area contributed by atoms with Crippen molar-refractivity contribution in [2.24, 2.45) is 0 Å². The summed E-state index contributed by atoms with van der Waals surface area (Å²) in [6.45, 7) is 6.31. The second-order valence-corrected chi connectivity index (χ2v) is 7.72. The Bertz CT molecular complexity index is 1090. The molecule has 1 fully saturated rings. The number of ketones is 1. The Morgan fingerprint density at radius 2 is 1.91 bits per heavy atom. The highest BCUT2D eigenvalue weighted by molar-refractivity contribution is 6.46. The number of ether oxygens (including phenoxy) is 2. The summed E-state index contributed by atoms with van der Waals surface area (Å²) < 4.78 is 11.1. The number of rotatable bonds is 9. The lowest BCUT2D eigenvalue weighted by molar-refractivity contribution is -0.384. The molecule has 1 atom stereocenters. The van der Waals surface area contributed by atoms with Crippen molar-refractivity contribution in [1.82, 2.24) is 4.90 Å². The van der Waals surface area contributed by atoms with Crippen molar-refractivity contribution < 1.29 is 29.1 Å². The lowest BCUT2D eigenvalue weighted by Crippen LogP contribution is -2.33. The number of likely N-dealkylation sites (tertiary alicyclic amines) is 1. The summed E-state index contributed by atoms with van der Waals surface area (Å²) in [5.74, 6) is -1.57. The van der Waals surface area contributed by atoms with E-state index in [1.807, 2.05) is 20.8 Å². The highest BCUT2D eigenvalue weighted by Gasteiger charge is 2.46. The van der Waals surface area contributed by atoms with Crippen LogP contribution in [0.2, 0.25) is 0 Å². The fourth-order valence-corrected chi connectivity index (χ4v) is 3.71. The summed E-state index contributed by atoms with van der Waals surface area (Å²) in [4.78, 5) is 37.9. The number of nitro groups is 1. The van der Waals surface area contributed by atoms with Crippen molar-refractivity contribution in [3.05, 3.63) is 75.3 Å². The third-order valence-electron chi connectivity index (χ3n) is 5.14. The number of carbonyl (C=O) groups is 2.